The first kappa shape index (κ1) is 13.0. The molecular formula is C14H11FN4O2. The van der Waals surface area contributed by atoms with Crippen LogP contribution < -0.4 is 10.5 Å². The smallest absolute Gasteiger partial charge is 0.268 e. The molecule has 0 saturated heterocycles. The molecule has 1 aromatic carbocycles. The number of nitrogens with two attached hydrogens (primary N) is 1. The number of fused-ring (bicyclic) bond motifs is 1. The molecule has 0 unspecified atom stereocenters. The normalized spacial score (nSPS) is 10.8. The molecule has 0 saturated carbocycles. The zero-order valence-electron chi connectivity index (χ0n) is 11.1. The van der Waals surface area contributed by atoms with Crippen LogP contribution in [0.5, 0.6) is 5.75 Å². The highest BCUT2D eigenvalue weighted by Gasteiger charge is 2.19. The summed E-state index contributed by atoms with van der Waals surface area (Å²) in [4.78, 5) is 19.7. The minimum absolute atomic E-state index is 0.0146. The van der Waals surface area contributed by atoms with E-state index in [2.05, 4.69) is 9.97 Å². The average molecular weight is 286 g/mol. The van der Waals surface area contributed by atoms with E-state index in [0.717, 1.165) is 0 Å². The van der Waals surface area contributed by atoms with Crippen molar-refractivity contribution in [3.05, 3.63) is 48.3 Å². The quantitative estimate of drug-likeness (QED) is 0.793. The van der Waals surface area contributed by atoms with Gasteiger partial charge in [0.1, 0.15) is 23.0 Å². The van der Waals surface area contributed by atoms with Crippen molar-refractivity contribution in [2.45, 2.75) is 0 Å². The monoisotopic (exact) mass is 286 g/mol. The maximum absolute atomic E-state index is 14.2. The van der Waals surface area contributed by atoms with Crippen LogP contribution in [-0.2, 0) is 0 Å². The van der Waals surface area contributed by atoms with Gasteiger partial charge in [0.2, 0.25) is 0 Å². The zero-order chi connectivity index (χ0) is 15.0. The molecule has 3 rings (SSSR count). The van der Waals surface area contributed by atoms with Crippen molar-refractivity contribution < 1.29 is 13.9 Å². The number of ether oxygens (including phenoxy) is 1. The molecule has 1 amide bonds. The van der Waals surface area contributed by atoms with Crippen LogP contribution >= 0.6 is 0 Å². The summed E-state index contributed by atoms with van der Waals surface area (Å²) in [6.45, 7) is 0. The lowest BCUT2D eigenvalue weighted by atomic mass is 10.1. The molecule has 6 nitrogen and oxygen atoms in total. The third-order valence-corrected chi connectivity index (χ3v) is 3.06. The number of nitrogens with zero attached hydrogens (tertiary/aromatic N) is 3. The van der Waals surface area contributed by atoms with E-state index in [4.69, 9.17) is 10.5 Å². The van der Waals surface area contributed by atoms with Crippen molar-refractivity contribution in [3.8, 4) is 17.0 Å². The summed E-state index contributed by atoms with van der Waals surface area (Å²) in [5, 5.41) is 0. The van der Waals surface area contributed by atoms with E-state index in [1.165, 1.54) is 31.6 Å². The number of primary amides is 1. The predicted octanol–water partition coefficient (Wildman–Crippen LogP) is 1.64. The van der Waals surface area contributed by atoms with Gasteiger partial charge in [0.25, 0.3) is 5.91 Å². The summed E-state index contributed by atoms with van der Waals surface area (Å²) in [5.74, 6) is -0.926. The molecular weight excluding hydrogens is 275 g/mol. The molecule has 2 heterocycles. The Morgan fingerprint density at radius 2 is 2.24 bits per heavy atom. The van der Waals surface area contributed by atoms with E-state index in [-0.39, 0.29) is 17.0 Å². The maximum Gasteiger partial charge on any atom is 0.268 e. The van der Waals surface area contributed by atoms with Crippen LogP contribution in [0.2, 0.25) is 0 Å². The fourth-order valence-electron chi connectivity index (χ4n) is 2.12. The van der Waals surface area contributed by atoms with E-state index in [9.17, 15) is 9.18 Å². The van der Waals surface area contributed by atoms with Gasteiger partial charge in [0, 0.05) is 18.6 Å². The second kappa shape index (κ2) is 4.86. The Morgan fingerprint density at radius 1 is 1.43 bits per heavy atom. The Balaban J connectivity index is 2.39. The Bertz CT molecular complexity index is 844. The van der Waals surface area contributed by atoms with Crippen LogP contribution in [0.1, 0.15) is 10.5 Å². The summed E-state index contributed by atoms with van der Waals surface area (Å²) >= 11 is 0. The summed E-state index contributed by atoms with van der Waals surface area (Å²) in [5.41, 5.74) is 6.03. The van der Waals surface area contributed by atoms with Gasteiger partial charge < -0.3 is 14.9 Å². The molecule has 0 aliphatic carbocycles. The van der Waals surface area contributed by atoms with Gasteiger partial charge in [-0.2, -0.15) is 0 Å². The third-order valence-electron chi connectivity index (χ3n) is 3.06. The molecule has 0 radical (unpaired) electrons. The number of hydrogen-bond donors (Lipinski definition) is 1. The lowest BCUT2D eigenvalue weighted by Gasteiger charge is -2.10. The van der Waals surface area contributed by atoms with Crippen LogP contribution in [-0.4, -0.2) is 27.4 Å². The molecule has 2 aromatic heterocycles. The predicted molar refractivity (Wildman–Crippen MR) is 73.5 cm³/mol. The van der Waals surface area contributed by atoms with Crippen molar-refractivity contribution in [1.82, 2.24) is 14.4 Å². The molecule has 0 fully saturated rings. The Labute approximate surface area is 119 Å². The van der Waals surface area contributed by atoms with Gasteiger partial charge in [-0.3, -0.25) is 4.79 Å². The number of aromatic nitrogens is 3. The highest BCUT2D eigenvalue weighted by molar-refractivity contribution is 5.92. The van der Waals surface area contributed by atoms with Gasteiger partial charge in [-0.1, -0.05) is 6.07 Å². The molecule has 106 valence electrons. The van der Waals surface area contributed by atoms with Crippen LogP contribution in [0.15, 0.2) is 36.8 Å². The lowest BCUT2D eigenvalue weighted by Crippen LogP contribution is -2.15. The van der Waals surface area contributed by atoms with Crippen LogP contribution in [0.3, 0.4) is 0 Å². The number of benzene rings is 1. The minimum Gasteiger partial charge on any atom is -0.496 e. The van der Waals surface area contributed by atoms with Crippen molar-refractivity contribution in [2.24, 2.45) is 5.73 Å². The molecule has 0 aliphatic rings. The van der Waals surface area contributed by atoms with E-state index < -0.39 is 11.7 Å². The number of hydrogen-bond acceptors (Lipinski definition) is 4. The Kier molecular flexibility index (Phi) is 3.02. The first-order chi connectivity index (χ1) is 10.1. The van der Waals surface area contributed by atoms with Gasteiger partial charge in [-0.05, 0) is 12.1 Å². The van der Waals surface area contributed by atoms with Gasteiger partial charge in [0.05, 0.1) is 12.7 Å². The summed E-state index contributed by atoms with van der Waals surface area (Å²) in [7, 11) is 1.43. The minimum atomic E-state index is -0.706. The maximum atomic E-state index is 14.2. The lowest BCUT2D eigenvalue weighted by molar-refractivity contribution is 0.0995. The second-order valence-electron chi connectivity index (χ2n) is 4.31. The van der Waals surface area contributed by atoms with E-state index >= 15 is 0 Å². The molecule has 21 heavy (non-hydrogen) atoms. The fourth-order valence-corrected chi connectivity index (χ4v) is 2.12. The largest absolute Gasteiger partial charge is 0.496 e. The summed E-state index contributed by atoms with van der Waals surface area (Å²) in [6.07, 6.45) is 4.60. The van der Waals surface area contributed by atoms with E-state index in [1.807, 2.05) is 0 Å². The Morgan fingerprint density at radius 3 is 2.95 bits per heavy atom. The highest BCUT2D eigenvalue weighted by Crippen LogP contribution is 2.33. The Hall–Kier alpha value is -2.96. The van der Waals surface area contributed by atoms with Gasteiger partial charge in [-0.15, -0.1) is 0 Å². The van der Waals surface area contributed by atoms with Crippen molar-refractivity contribution in [3.63, 3.8) is 0 Å². The third kappa shape index (κ3) is 2.08. The molecule has 0 aliphatic heterocycles. The summed E-state index contributed by atoms with van der Waals surface area (Å²) in [6, 6.07) is 4.42. The van der Waals surface area contributed by atoms with E-state index in [0.29, 0.717) is 11.4 Å². The molecule has 0 bridgehead atoms. The van der Waals surface area contributed by atoms with E-state index in [1.54, 1.807) is 16.7 Å². The summed E-state index contributed by atoms with van der Waals surface area (Å²) < 4.78 is 21.0. The first-order valence-electron chi connectivity index (χ1n) is 6.08. The number of methoxy groups -OCH3 is 1. The SMILES string of the molecule is COc1cccc(F)c1-c1nc(C(N)=O)cn2ccnc12. The number of imidazole rings is 1. The topological polar surface area (TPSA) is 82.5 Å². The molecule has 7 heteroatoms. The van der Waals surface area contributed by atoms with Crippen molar-refractivity contribution in [1.29, 1.82) is 0 Å². The van der Waals surface area contributed by atoms with Crippen molar-refractivity contribution >= 4 is 11.6 Å². The van der Waals surface area contributed by atoms with Crippen LogP contribution in [0.25, 0.3) is 16.9 Å². The average Bonchev–Trinajstić information content (AvgIpc) is 2.94. The van der Waals surface area contributed by atoms with Crippen LogP contribution in [0.4, 0.5) is 4.39 Å². The highest BCUT2D eigenvalue weighted by atomic mass is 19.1. The molecule has 0 spiro atoms. The number of carbonyl (C=O) groups is 1. The number of carbonyl (C=O) groups excluding carboxylic acids is 1. The molecule has 0 atom stereocenters. The van der Waals surface area contributed by atoms with Crippen molar-refractivity contribution in [2.75, 3.05) is 7.11 Å². The van der Waals surface area contributed by atoms with Gasteiger partial charge in [-0.25, -0.2) is 14.4 Å². The molecule has 2 N–H and O–H groups in total. The van der Waals surface area contributed by atoms with Crippen LogP contribution in [0, 0.1) is 5.82 Å². The molecule has 3 aromatic rings. The van der Waals surface area contributed by atoms with Gasteiger partial charge in [0.15, 0.2) is 5.65 Å². The first-order valence-corrected chi connectivity index (χ1v) is 6.08. The second-order valence-corrected chi connectivity index (χ2v) is 4.31. The standard InChI is InChI=1S/C14H11FN4O2/c1-21-10-4-2-3-8(15)11(10)12-14-17-5-6-19(14)7-9(18-12)13(16)20/h2-7H,1H3,(H2,16,20). The number of halogens is 1. The van der Waals surface area contributed by atoms with Gasteiger partial charge >= 0.3 is 0 Å². The number of rotatable bonds is 3. The zero-order valence-corrected chi connectivity index (χ0v) is 11.1. The fraction of sp³-hybridized carbons (Fsp3) is 0.0714. The number of amides is 1.